The van der Waals surface area contributed by atoms with E-state index in [0.29, 0.717) is 22.8 Å². The number of allylic oxidation sites excluding steroid dienone is 2. The van der Waals surface area contributed by atoms with Gasteiger partial charge in [-0.2, -0.15) is 11.8 Å². The molecule has 2 heterocycles. The van der Waals surface area contributed by atoms with E-state index in [1.807, 2.05) is 6.26 Å². The number of aliphatic carboxylic acids is 1. The molecule has 1 atom stereocenters. The van der Waals surface area contributed by atoms with Crippen molar-refractivity contribution in [3.63, 3.8) is 0 Å². The highest BCUT2D eigenvalue weighted by molar-refractivity contribution is 8.26. The average Bonchev–Trinajstić information content (AvgIpc) is 3.11. The first-order chi connectivity index (χ1) is 11.0. The summed E-state index contributed by atoms with van der Waals surface area (Å²) in [5.74, 6) is -0.0914. The Kier molecular flexibility index (Phi) is 6.49. The van der Waals surface area contributed by atoms with Crippen LogP contribution in [0.25, 0.3) is 6.08 Å². The third-order valence-electron chi connectivity index (χ3n) is 3.07. The Balaban J connectivity index is 2.13. The summed E-state index contributed by atoms with van der Waals surface area (Å²) in [7, 11) is 0. The van der Waals surface area contributed by atoms with E-state index in [9.17, 15) is 14.7 Å². The number of carboxylic acids is 1. The van der Waals surface area contributed by atoms with Crippen LogP contribution in [0, 0.1) is 0 Å². The highest BCUT2D eigenvalue weighted by Gasteiger charge is 2.39. The molecule has 1 saturated heterocycles. The minimum Gasteiger partial charge on any atom is -0.480 e. The van der Waals surface area contributed by atoms with Crippen molar-refractivity contribution in [3.05, 3.63) is 41.2 Å². The monoisotopic (exact) mass is 369 g/mol. The van der Waals surface area contributed by atoms with Gasteiger partial charge in [-0.15, -0.1) is 0 Å². The Morgan fingerprint density at radius 2 is 2.39 bits per heavy atom. The number of hydrogen-bond acceptors (Lipinski definition) is 6. The summed E-state index contributed by atoms with van der Waals surface area (Å²) in [5, 5.41) is 9.37. The molecule has 1 amide bonds. The molecule has 1 aromatic heterocycles. The number of rotatable bonds is 7. The summed E-state index contributed by atoms with van der Waals surface area (Å²) in [4.78, 5) is 25.5. The smallest absolute Gasteiger partial charge is 0.326 e. The summed E-state index contributed by atoms with van der Waals surface area (Å²) in [6.07, 6.45) is 8.83. The van der Waals surface area contributed by atoms with Gasteiger partial charge in [-0.25, -0.2) is 4.79 Å². The number of carbonyl (C=O) groups excluding carboxylic acids is 1. The van der Waals surface area contributed by atoms with E-state index in [1.165, 1.54) is 16.7 Å². The number of carboxylic acid groups (broad SMARTS) is 1. The fourth-order valence-electron chi connectivity index (χ4n) is 1.97. The lowest BCUT2D eigenvalue weighted by Gasteiger charge is -2.22. The maximum Gasteiger partial charge on any atom is 0.326 e. The van der Waals surface area contributed by atoms with Crippen molar-refractivity contribution in [1.82, 2.24) is 4.90 Å². The van der Waals surface area contributed by atoms with Gasteiger partial charge in [0.05, 0.1) is 11.2 Å². The lowest BCUT2D eigenvalue weighted by atomic mass is 10.2. The predicted molar refractivity (Wildman–Crippen MR) is 97.3 cm³/mol. The lowest BCUT2D eigenvalue weighted by molar-refractivity contribution is -0.145. The van der Waals surface area contributed by atoms with E-state index in [2.05, 4.69) is 0 Å². The molecule has 122 valence electrons. The third-order valence-corrected chi connectivity index (χ3v) is 5.06. The molecular formula is C15H15NO4S3. The van der Waals surface area contributed by atoms with Crippen molar-refractivity contribution in [2.75, 3.05) is 12.0 Å². The minimum atomic E-state index is -1.04. The van der Waals surface area contributed by atoms with Crippen molar-refractivity contribution in [2.45, 2.75) is 12.5 Å². The van der Waals surface area contributed by atoms with Crippen molar-refractivity contribution < 1.29 is 19.1 Å². The Labute approximate surface area is 147 Å². The molecule has 0 aliphatic carbocycles. The molecule has 23 heavy (non-hydrogen) atoms. The fourth-order valence-corrected chi connectivity index (χ4v) is 3.74. The normalized spacial score (nSPS) is 18.3. The second-order valence-corrected chi connectivity index (χ2v) is 7.25. The molecule has 1 unspecified atom stereocenters. The Hall–Kier alpha value is -1.51. The molecule has 0 saturated carbocycles. The number of hydrogen-bond donors (Lipinski definition) is 1. The number of furan rings is 1. The van der Waals surface area contributed by atoms with Crippen molar-refractivity contribution in [2.24, 2.45) is 0 Å². The Bertz CT molecular complexity index is 652. The topological polar surface area (TPSA) is 70.8 Å². The SMILES string of the molecule is CSCCC(C(=O)O)N1C(=O)/C(=C/C=C/c2ccco2)SC1=S. The van der Waals surface area contributed by atoms with E-state index >= 15 is 0 Å². The van der Waals surface area contributed by atoms with E-state index < -0.39 is 12.0 Å². The number of thiocarbonyl (C=S) groups is 1. The number of thioether (sulfide) groups is 2. The van der Waals surface area contributed by atoms with E-state index in [4.69, 9.17) is 16.6 Å². The molecule has 2 rings (SSSR count). The summed E-state index contributed by atoms with van der Waals surface area (Å²) in [5.41, 5.74) is 0. The predicted octanol–water partition coefficient (Wildman–Crippen LogP) is 3.24. The van der Waals surface area contributed by atoms with Crippen LogP contribution < -0.4 is 0 Å². The highest BCUT2D eigenvalue weighted by Crippen LogP contribution is 2.33. The van der Waals surface area contributed by atoms with Gasteiger partial charge in [-0.1, -0.05) is 30.1 Å². The quantitative estimate of drug-likeness (QED) is 0.584. The number of carbonyl (C=O) groups is 2. The zero-order valence-electron chi connectivity index (χ0n) is 12.3. The van der Waals surface area contributed by atoms with Crippen LogP contribution in [0.4, 0.5) is 0 Å². The lowest BCUT2D eigenvalue weighted by Crippen LogP contribution is -2.44. The Morgan fingerprint density at radius 3 is 3.00 bits per heavy atom. The van der Waals surface area contributed by atoms with Crippen LogP contribution in [-0.2, 0) is 9.59 Å². The van der Waals surface area contributed by atoms with Gasteiger partial charge in [0.25, 0.3) is 5.91 Å². The molecule has 1 N–H and O–H groups in total. The van der Waals surface area contributed by atoms with Crippen LogP contribution in [0.1, 0.15) is 12.2 Å². The van der Waals surface area contributed by atoms with Crippen LogP contribution in [-0.4, -0.2) is 44.3 Å². The molecular weight excluding hydrogens is 354 g/mol. The molecule has 0 bridgehead atoms. The molecule has 1 fully saturated rings. The zero-order valence-corrected chi connectivity index (χ0v) is 14.7. The molecule has 0 aromatic carbocycles. The van der Waals surface area contributed by atoms with Gasteiger partial charge in [0, 0.05) is 0 Å². The average molecular weight is 369 g/mol. The minimum absolute atomic E-state index is 0.279. The van der Waals surface area contributed by atoms with Gasteiger partial charge in [0.15, 0.2) is 0 Å². The second kappa shape index (κ2) is 8.37. The van der Waals surface area contributed by atoms with E-state index in [-0.39, 0.29) is 10.2 Å². The highest BCUT2D eigenvalue weighted by atomic mass is 32.2. The molecule has 0 radical (unpaired) electrons. The third kappa shape index (κ3) is 4.49. The van der Waals surface area contributed by atoms with Crippen LogP contribution in [0.5, 0.6) is 0 Å². The first kappa shape index (κ1) is 17.8. The summed E-state index contributed by atoms with van der Waals surface area (Å²) in [6, 6.07) is 2.63. The van der Waals surface area contributed by atoms with Crippen LogP contribution in [0.2, 0.25) is 0 Å². The van der Waals surface area contributed by atoms with Crippen LogP contribution in [0.3, 0.4) is 0 Å². The van der Waals surface area contributed by atoms with Gasteiger partial charge < -0.3 is 9.52 Å². The second-order valence-electron chi connectivity index (χ2n) is 4.58. The maximum absolute atomic E-state index is 12.4. The van der Waals surface area contributed by atoms with E-state index in [1.54, 1.807) is 36.6 Å². The molecule has 8 heteroatoms. The summed E-state index contributed by atoms with van der Waals surface area (Å²) in [6.45, 7) is 0. The first-order valence-corrected chi connectivity index (χ1v) is 9.35. The van der Waals surface area contributed by atoms with E-state index in [0.717, 1.165) is 11.8 Å². The van der Waals surface area contributed by atoms with Gasteiger partial charge >= 0.3 is 5.97 Å². The van der Waals surface area contributed by atoms with Crippen molar-refractivity contribution in [1.29, 1.82) is 0 Å². The molecule has 1 aliphatic rings. The van der Waals surface area contributed by atoms with Crippen molar-refractivity contribution in [3.8, 4) is 0 Å². The van der Waals surface area contributed by atoms with Crippen LogP contribution in [0.15, 0.2) is 39.9 Å². The Morgan fingerprint density at radius 1 is 1.61 bits per heavy atom. The summed E-state index contributed by atoms with van der Waals surface area (Å²) >= 11 is 7.83. The molecule has 1 aromatic rings. The van der Waals surface area contributed by atoms with Crippen LogP contribution >= 0.6 is 35.7 Å². The number of amides is 1. The zero-order chi connectivity index (χ0) is 16.8. The largest absolute Gasteiger partial charge is 0.480 e. The first-order valence-electron chi connectivity index (χ1n) is 6.73. The standard InChI is InChI=1S/C15H15NO4S3/c1-22-9-7-11(14(18)19)16-13(17)12(23-15(16)21)6-2-4-10-5-3-8-20-10/h2-6,8,11H,7,9H2,1H3,(H,18,19)/b4-2+,12-6-. The van der Waals surface area contributed by atoms with Crippen molar-refractivity contribution >= 4 is 58.0 Å². The fraction of sp³-hybridized carbons (Fsp3) is 0.267. The van der Waals surface area contributed by atoms with Gasteiger partial charge in [-0.3, -0.25) is 9.69 Å². The van der Waals surface area contributed by atoms with Gasteiger partial charge in [0.1, 0.15) is 16.1 Å². The van der Waals surface area contributed by atoms with Gasteiger partial charge in [-0.05, 0) is 42.7 Å². The van der Waals surface area contributed by atoms with Gasteiger partial charge in [0.2, 0.25) is 0 Å². The molecule has 5 nitrogen and oxygen atoms in total. The molecule has 1 aliphatic heterocycles. The number of nitrogens with zero attached hydrogens (tertiary/aromatic N) is 1. The maximum atomic E-state index is 12.4. The summed E-state index contributed by atoms with van der Waals surface area (Å²) < 4.78 is 5.44. The molecule has 0 spiro atoms.